The van der Waals surface area contributed by atoms with Crippen molar-refractivity contribution in [2.75, 3.05) is 6.54 Å². The second-order valence-electron chi connectivity index (χ2n) is 3.60. The van der Waals surface area contributed by atoms with Crippen LogP contribution in [0.5, 0.6) is 0 Å². The van der Waals surface area contributed by atoms with Crippen LogP contribution in [0, 0.1) is 5.92 Å². The molecule has 70 valence electrons. The topological polar surface area (TPSA) is 40.5 Å². The van der Waals surface area contributed by atoms with Gasteiger partial charge >= 0.3 is 6.09 Å². The Balaban J connectivity index is 2.37. The quantitative estimate of drug-likeness (QED) is 0.707. The highest BCUT2D eigenvalue weighted by Gasteiger charge is 2.35. The second kappa shape index (κ2) is 3.78. The van der Waals surface area contributed by atoms with Crippen molar-refractivity contribution in [3.63, 3.8) is 0 Å². The van der Waals surface area contributed by atoms with Gasteiger partial charge in [0.2, 0.25) is 0 Å². The molecule has 0 bridgehead atoms. The minimum Gasteiger partial charge on any atom is -0.465 e. The first-order valence-corrected chi connectivity index (χ1v) is 4.66. The van der Waals surface area contributed by atoms with E-state index in [4.69, 9.17) is 5.11 Å². The zero-order chi connectivity index (χ0) is 9.14. The first kappa shape index (κ1) is 9.36. The summed E-state index contributed by atoms with van der Waals surface area (Å²) >= 11 is 0. The predicted octanol–water partition coefficient (Wildman–Crippen LogP) is 2.17. The monoisotopic (exact) mass is 171 g/mol. The van der Waals surface area contributed by atoms with E-state index in [1.54, 1.807) is 4.90 Å². The van der Waals surface area contributed by atoms with Crippen molar-refractivity contribution in [1.82, 2.24) is 4.90 Å². The lowest BCUT2D eigenvalue weighted by atomic mass is 9.88. The number of hydrogen-bond acceptors (Lipinski definition) is 1. The van der Waals surface area contributed by atoms with Gasteiger partial charge in [0.25, 0.3) is 0 Å². The molecule has 1 fully saturated rings. The number of hydrogen-bond donors (Lipinski definition) is 1. The molecule has 3 heteroatoms. The first-order chi connectivity index (χ1) is 5.66. The highest BCUT2D eigenvalue weighted by atomic mass is 16.4. The molecule has 1 heterocycles. The Kier molecular flexibility index (Phi) is 2.95. The van der Waals surface area contributed by atoms with Crippen molar-refractivity contribution in [3.8, 4) is 0 Å². The summed E-state index contributed by atoms with van der Waals surface area (Å²) in [6.07, 6.45) is 2.57. The minimum atomic E-state index is -0.755. The van der Waals surface area contributed by atoms with Crippen LogP contribution in [0.25, 0.3) is 0 Å². The number of carboxylic acid groups (broad SMARTS) is 1. The first-order valence-electron chi connectivity index (χ1n) is 4.66. The molecule has 1 N–H and O–H groups in total. The van der Waals surface area contributed by atoms with Crippen LogP contribution in [-0.4, -0.2) is 28.7 Å². The zero-order valence-corrected chi connectivity index (χ0v) is 7.79. The molecule has 0 aromatic rings. The molecule has 0 spiro atoms. The highest BCUT2D eigenvalue weighted by Crippen LogP contribution is 2.27. The predicted molar refractivity (Wildman–Crippen MR) is 47.2 cm³/mol. The molecular weight excluding hydrogens is 154 g/mol. The van der Waals surface area contributed by atoms with Gasteiger partial charge in [-0.2, -0.15) is 0 Å². The molecule has 0 aromatic heterocycles. The number of carbonyl (C=O) groups is 1. The second-order valence-corrected chi connectivity index (χ2v) is 3.60. The van der Waals surface area contributed by atoms with Gasteiger partial charge in [0.15, 0.2) is 0 Å². The smallest absolute Gasteiger partial charge is 0.407 e. The van der Waals surface area contributed by atoms with E-state index in [0.717, 1.165) is 25.8 Å². The lowest BCUT2D eigenvalue weighted by Crippen LogP contribution is -2.53. The summed E-state index contributed by atoms with van der Waals surface area (Å²) in [5.41, 5.74) is 0. The molecule has 0 saturated carbocycles. The molecular formula is C9H17NO2. The summed E-state index contributed by atoms with van der Waals surface area (Å²) in [6.45, 7) is 5.01. The summed E-state index contributed by atoms with van der Waals surface area (Å²) < 4.78 is 0. The number of likely N-dealkylation sites (tertiary alicyclic amines) is 1. The van der Waals surface area contributed by atoms with Crippen LogP contribution in [0.15, 0.2) is 0 Å². The van der Waals surface area contributed by atoms with Gasteiger partial charge in [-0.15, -0.1) is 0 Å². The van der Waals surface area contributed by atoms with Gasteiger partial charge in [0, 0.05) is 12.6 Å². The Morgan fingerprint density at radius 1 is 1.75 bits per heavy atom. The summed E-state index contributed by atoms with van der Waals surface area (Å²) in [7, 11) is 0. The van der Waals surface area contributed by atoms with Crippen molar-refractivity contribution in [2.45, 2.75) is 39.2 Å². The van der Waals surface area contributed by atoms with Crippen molar-refractivity contribution in [1.29, 1.82) is 0 Å². The molecule has 1 rings (SSSR count). The molecule has 0 aromatic carbocycles. The van der Waals surface area contributed by atoms with Crippen LogP contribution in [0.3, 0.4) is 0 Å². The van der Waals surface area contributed by atoms with E-state index in [1.165, 1.54) is 0 Å². The third-order valence-electron chi connectivity index (χ3n) is 2.71. The molecule has 0 aliphatic carbocycles. The SMILES string of the molecule is CCCC(C)C1CCN1C(=O)O. The molecule has 1 saturated heterocycles. The van der Waals surface area contributed by atoms with Crippen LogP contribution in [0.4, 0.5) is 4.79 Å². The Bertz CT molecular complexity index is 170. The standard InChI is InChI=1S/C9H17NO2/c1-3-4-7(2)8-5-6-10(8)9(11)12/h7-8H,3-6H2,1-2H3,(H,11,12). The van der Waals surface area contributed by atoms with Crippen molar-refractivity contribution >= 4 is 6.09 Å². The number of rotatable bonds is 3. The minimum absolute atomic E-state index is 0.294. The Labute approximate surface area is 73.4 Å². The maximum Gasteiger partial charge on any atom is 0.407 e. The van der Waals surface area contributed by atoms with Gasteiger partial charge < -0.3 is 10.0 Å². The zero-order valence-electron chi connectivity index (χ0n) is 7.79. The largest absolute Gasteiger partial charge is 0.465 e. The molecule has 2 unspecified atom stereocenters. The summed E-state index contributed by atoms with van der Waals surface area (Å²) in [5.74, 6) is 0.528. The number of nitrogens with zero attached hydrogens (tertiary/aromatic N) is 1. The average molecular weight is 171 g/mol. The fourth-order valence-corrected chi connectivity index (χ4v) is 1.88. The fraction of sp³-hybridized carbons (Fsp3) is 0.889. The van der Waals surface area contributed by atoms with E-state index < -0.39 is 6.09 Å². The lowest BCUT2D eigenvalue weighted by molar-refractivity contribution is 0.0474. The van der Waals surface area contributed by atoms with E-state index in [9.17, 15) is 4.79 Å². The third-order valence-corrected chi connectivity index (χ3v) is 2.71. The van der Waals surface area contributed by atoms with Crippen LogP contribution in [0.1, 0.15) is 33.1 Å². The van der Waals surface area contributed by atoms with E-state index >= 15 is 0 Å². The maximum absolute atomic E-state index is 10.6. The van der Waals surface area contributed by atoms with Gasteiger partial charge in [0.05, 0.1) is 0 Å². The Hall–Kier alpha value is -0.730. The van der Waals surface area contributed by atoms with Gasteiger partial charge in [-0.05, 0) is 18.8 Å². The van der Waals surface area contributed by atoms with E-state index in [0.29, 0.717) is 12.0 Å². The molecule has 1 aliphatic rings. The maximum atomic E-state index is 10.6. The van der Waals surface area contributed by atoms with Crippen molar-refractivity contribution < 1.29 is 9.90 Å². The lowest BCUT2D eigenvalue weighted by Gasteiger charge is -2.42. The van der Waals surface area contributed by atoms with Crippen LogP contribution >= 0.6 is 0 Å². The van der Waals surface area contributed by atoms with Gasteiger partial charge in [-0.1, -0.05) is 20.3 Å². The van der Waals surface area contributed by atoms with E-state index in [-0.39, 0.29) is 0 Å². The molecule has 3 nitrogen and oxygen atoms in total. The summed E-state index contributed by atoms with van der Waals surface area (Å²) in [5, 5.41) is 8.75. The number of amides is 1. The van der Waals surface area contributed by atoms with Crippen LogP contribution < -0.4 is 0 Å². The van der Waals surface area contributed by atoms with Gasteiger partial charge in [-0.25, -0.2) is 4.79 Å². The molecule has 1 amide bonds. The fourth-order valence-electron chi connectivity index (χ4n) is 1.88. The third kappa shape index (κ3) is 1.71. The summed E-state index contributed by atoms with van der Waals surface area (Å²) in [6, 6.07) is 0.294. The normalized spacial score (nSPS) is 24.8. The molecule has 2 atom stereocenters. The summed E-state index contributed by atoms with van der Waals surface area (Å²) in [4.78, 5) is 12.2. The van der Waals surface area contributed by atoms with Crippen molar-refractivity contribution in [3.05, 3.63) is 0 Å². The van der Waals surface area contributed by atoms with Crippen molar-refractivity contribution in [2.24, 2.45) is 5.92 Å². The van der Waals surface area contributed by atoms with E-state index in [1.807, 2.05) is 0 Å². The van der Waals surface area contributed by atoms with Gasteiger partial charge in [-0.3, -0.25) is 0 Å². The Morgan fingerprint density at radius 2 is 2.42 bits per heavy atom. The average Bonchev–Trinajstić information content (AvgIpc) is 1.82. The molecule has 12 heavy (non-hydrogen) atoms. The molecule has 0 radical (unpaired) electrons. The van der Waals surface area contributed by atoms with Crippen LogP contribution in [0.2, 0.25) is 0 Å². The molecule has 1 aliphatic heterocycles. The van der Waals surface area contributed by atoms with E-state index in [2.05, 4.69) is 13.8 Å². The Morgan fingerprint density at radius 3 is 2.75 bits per heavy atom. The van der Waals surface area contributed by atoms with Crippen LogP contribution in [-0.2, 0) is 0 Å². The van der Waals surface area contributed by atoms with Gasteiger partial charge in [0.1, 0.15) is 0 Å². The highest BCUT2D eigenvalue weighted by molar-refractivity contribution is 5.66.